The van der Waals surface area contributed by atoms with Crippen LogP contribution in [0.15, 0.2) is 40.3 Å². The summed E-state index contributed by atoms with van der Waals surface area (Å²) in [6, 6.07) is 10.8. The minimum absolute atomic E-state index is 0.0715. The standard InChI is InChI=1S/C17H20N4OS/c1-11-8-21-15-14(16(22)19-17(21)23-11)9-20(10-18-15)12(2)13-6-4-3-5-7-13/h3-7,11-12,18H,8-10H2,1-2H3/p+1/t11-,12+/m1/s1. The van der Waals surface area contributed by atoms with Gasteiger partial charge in [0.15, 0.2) is 11.8 Å². The molecule has 0 amide bonds. The molecule has 0 saturated heterocycles. The summed E-state index contributed by atoms with van der Waals surface area (Å²) in [5, 5.41) is 4.83. The van der Waals surface area contributed by atoms with Gasteiger partial charge in [0.25, 0.3) is 5.56 Å². The van der Waals surface area contributed by atoms with E-state index in [-0.39, 0.29) is 5.56 Å². The molecule has 3 heterocycles. The maximum atomic E-state index is 12.4. The van der Waals surface area contributed by atoms with Crippen molar-refractivity contribution in [2.75, 3.05) is 12.0 Å². The lowest BCUT2D eigenvalue weighted by atomic mass is 10.1. The van der Waals surface area contributed by atoms with E-state index in [1.54, 1.807) is 11.8 Å². The first-order chi connectivity index (χ1) is 11.1. The van der Waals surface area contributed by atoms with Crippen LogP contribution in [-0.2, 0) is 13.1 Å². The van der Waals surface area contributed by atoms with Gasteiger partial charge in [0.05, 0.1) is 0 Å². The quantitative estimate of drug-likeness (QED) is 0.815. The Morgan fingerprint density at radius 1 is 1.39 bits per heavy atom. The molecule has 0 saturated carbocycles. The van der Waals surface area contributed by atoms with Gasteiger partial charge in [-0.3, -0.25) is 4.79 Å². The summed E-state index contributed by atoms with van der Waals surface area (Å²) < 4.78 is 2.18. The number of nitrogens with zero attached hydrogens (tertiary/aromatic N) is 2. The topological polar surface area (TPSA) is 51.4 Å². The zero-order valence-corrected chi connectivity index (χ0v) is 14.2. The first-order valence-electron chi connectivity index (χ1n) is 8.07. The highest BCUT2D eigenvalue weighted by Gasteiger charge is 2.32. The Balaban J connectivity index is 1.66. The second-order valence-corrected chi connectivity index (χ2v) is 7.79. The summed E-state index contributed by atoms with van der Waals surface area (Å²) in [6.45, 7) is 6.86. The molecule has 120 valence electrons. The summed E-state index contributed by atoms with van der Waals surface area (Å²) in [4.78, 5) is 18.1. The van der Waals surface area contributed by atoms with Crippen molar-refractivity contribution >= 4 is 17.6 Å². The van der Waals surface area contributed by atoms with Crippen LogP contribution in [0.1, 0.15) is 31.0 Å². The minimum Gasteiger partial charge on any atom is -0.324 e. The fraction of sp³-hybridized carbons (Fsp3) is 0.412. The molecule has 0 aliphatic carbocycles. The van der Waals surface area contributed by atoms with Crippen molar-refractivity contribution in [1.82, 2.24) is 9.55 Å². The van der Waals surface area contributed by atoms with Crippen LogP contribution in [0, 0.1) is 0 Å². The lowest BCUT2D eigenvalue weighted by Gasteiger charge is -2.32. The van der Waals surface area contributed by atoms with E-state index in [0.717, 1.165) is 36.3 Å². The van der Waals surface area contributed by atoms with E-state index in [4.69, 9.17) is 0 Å². The van der Waals surface area contributed by atoms with E-state index in [0.29, 0.717) is 11.3 Å². The van der Waals surface area contributed by atoms with Gasteiger partial charge < -0.3 is 14.8 Å². The zero-order chi connectivity index (χ0) is 16.0. The summed E-state index contributed by atoms with van der Waals surface area (Å²) in [6.07, 6.45) is 0. The molecule has 6 heteroatoms. The van der Waals surface area contributed by atoms with Crippen LogP contribution in [0.25, 0.3) is 0 Å². The molecule has 1 aromatic heterocycles. The predicted octanol–water partition coefficient (Wildman–Crippen LogP) is 1.27. The van der Waals surface area contributed by atoms with Gasteiger partial charge in [0, 0.05) is 17.4 Å². The number of anilines is 1. The molecule has 1 aromatic carbocycles. The summed E-state index contributed by atoms with van der Waals surface area (Å²) in [7, 11) is 0. The van der Waals surface area contributed by atoms with Crippen molar-refractivity contribution in [3.8, 4) is 0 Å². The number of thioether (sulfide) groups is 1. The third-order valence-corrected chi connectivity index (χ3v) is 5.86. The van der Waals surface area contributed by atoms with Crippen molar-refractivity contribution in [2.45, 2.75) is 43.4 Å². The number of fused-ring (bicyclic) bond motifs is 3. The number of aromatic nitrogens is 2. The molecule has 0 bridgehead atoms. The largest absolute Gasteiger partial charge is 0.324 e. The monoisotopic (exact) mass is 329 g/mol. The Morgan fingerprint density at radius 3 is 2.96 bits per heavy atom. The Bertz CT molecular complexity index is 789. The van der Waals surface area contributed by atoms with Gasteiger partial charge in [-0.25, -0.2) is 0 Å². The fourth-order valence-corrected chi connectivity index (χ4v) is 4.45. The van der Waals surface area contributed by atoms with E-state index < -0.39 is 0 Å². The fourth-order valence-electron chi connectivity index (χ4n) is 3.44. The van der Waals surface area contributed by atoms with Crippen molar-refractivity contribution in [3.63, 3.8) is 0 Å². The molecule has 0 fully saturated rings. The van der Waals surface area contributed by atoms with E-state index in [1.165, 1.54) is 10.5 Å². The second-order valence-electron chi connectivity index (χ2n) is 6.39. The van der Waals surface area contributed by atoms with Gasteiger partial charge >= 0.3 is 0 Å². The molecule has 0 radical (unpaired) electrons. The van der Waals surface area contributed by atoms with Crippen LogP contribution in [0.5, 0.6) is 0 Å². The van der Waals surface area contributed by atoms with Crippen LogP contribution in [-0.4, -0.2) is 21.5 Å². The van der Waals surface area contributed by atoms with E-state index in [9.17, 15) is 4.79 Å². The predicted molar refractivity (Wildman–Crippen MR) is 91.8 cm³/mol. The number of hydrogen-bond acceptors (Lipinski definition) is 4. The average Bonchev–Trinajstić information content (AvgIpc) is 2.95. The van der Waals surface area contributed by atoms with Gasteiger partial charge in [-0.05, 0) is 6.92 Å². The first-order valence-corrected chi connectivity index (χ1v) is 8.95. The molecule has 2 N–H and O–H groups in total. The third-order valence-electron chi connectivity index (χ3n) is 4.79. The lowest BCUT2D eigenvalue weighted by Crippen LogP contribution is -3.12. The third kappa shape index (κ3) is 2.56. The van der Waals surface area contributed by atoms with Crippen molar-refractivity contribution < 1.29 is 4.90 Å². The number of rotatable bonds is 2. The maximum Gasteiger partial charge on any atom is 0.284 e. The Kier molecular flexibility index (Phi) is 3.66. The minimum atomic E-state index is -0.0715. The number of quaternary nitrogens is 1. The highest BCUT2D eigenvalue weighted by Crippen LogP contribution is 2.33. The molecule has 0 spiro atoms. The molecular weight excluding hydrogens is 308 g/mol. The van der Waals surface area contributed by atoms with Crippen LogP contribution in [0.4, 0.5) is 5.82 Å². The smallest absolute Gasteiger partial charge is 0.284 e. The van der Waals surface area contributed by atoms with Gasteiger partial charge in [0.1, 0.15) is 24.0 Å². The highest BCUT2D eigenvalue weighted by atomic mass is 32.2. The molecule has 3 atom stereocenters. The van der Waals surface area contributed by atoms with E-state index >= 15 is 0 Å². The van der Waals surface area contributed by atoms with Crippen LogP contribution in [0.3, 0.4) is 0 Å². The van der Waals surface area contributed by atoms with Crippen molar-refractivity contribution in [1.29, 1.82) is 0 Å². The van der Waals surface area contributed by atoms with E-state index in [1.807, 2.05) is 6.07 Å². The molecule has 2 aliphatic rings. The van der Waals surface area contributed by atoms with Gasteiger partial charge in [-0.2, -0.15) is 4.98 Å². The zero-order valence-electron chi connectivity index (χ0n) is 13.4. The SMILES string of the molecule is C[C@@H]1Cn2c(nc(=O)c3c2NC[NH+]([C@@H](C)c2ccccc2)C3)S1. The molecule has 5 nitrogen and oxygen atoms in total. The first kappa shape index (κ1) is 14.8. The Morgan fingerprint density at radius 2 is 2.17 bits per heavy atom. The lowest BCUT2D eigenvalue weighted by molar-refractivity contribution is -0.941. The summed E-state index contributed by atoms with van der Waals surface area (Å²) in [5.41, 5.74) is 2.05. The molecule has 2 aliphatic heterocycles. The molecule has 4 rings (SSSR count). The second kappa shape index (κ2) is 5.69. The van der Waals surface area contributed by atoms with Gasteiger partial charge in [0.2, 0.25) is 0 Å². The van der Waals surface area contributed by atoms with Crippen molar-refractivity contribution in [3.05, 3.63) is 51.8 Å². The number of benzene rings is 1. The molecular formula is C17H21N4OS+. The van der Waals surface area contributed by atoms with Crippen LogP contribution in [0.2, 0.25) is 0 Å². The van der Waals surface area contributed by atoms with Gasteiger partial charge in [-0.15, -0.1) is 0 Å². The average molecular weight is 329 g/mol. The number of hydrogen-bond donors (Lipinski definition) is 2. The number of nitrogens with one attached hydrogen (secondary N) is 2. The van der Waals surface area contributed by atoms with Crippen LogP contribution < -0.4 is 15.8 Å². The maximum absolute atomic E-state index is 12.4. The van der Waals surface area contributed by atoms with Crippen molar-refractivity contribution in [2.24, 2.45) is 0 Å². The Hall–Kier alpha value is -1.79. The normalized spacial score (nSPS) is 23.7. The molecule has 23 heavy (non-hydrogen) atoms. The summed E-state index contributed by atoms with van der Waals surface area (Å²) >= 11 is 1.69. The Labute approximate surface area is 139 Å². The highest BCUT2D eigenvalue weighted by molar-refractivity contribution is 7.99. The van der Waals surface area contributed by atoms with E-state index in [2.05, 4.69) is 53.0 Å². The van der Waals surface area contributed by atoms with Gasteiger partial charge in [-0.1, -0.05) is 49.0 Å². The summed E-state index contributed by atoms with van der Waals surface area (Å²) in [5.74, 6) is 0.987. The molecule has 2 aromatic rings. The van der Waals surface area contributed by atoms with Crippen LogP contribution >= 0.6 is 11.8 Å². The molecule has 1 unspecified atom stereocenters.